The highest BCUT2D eigenvalue weighted by Crippen LogP contribution is 2.22. The van der Waals surface area contributed by atoms with E-state index >= 15 is 0 Å². The van der Waals surface area contributed by atoms with Crippen LogP contribution in [0.15, 0.2) is 18.2 Å². The van der Waals surface area contributed by atoms with Crippen LogP contribution in [0.2, 0.25) is 10.0 Å². The molecule has 0 aromatic heterocycles. The Balaban J connectivity index is 1.87. The molecule has 1 saturated heterocycles. The summed E-state index contributed by atoms with van der Waals surface area (Å²) in [4.78, 5) is 14.6. The van der Waals surface area contributed by atoms with Crippen molar-refractivity contribution >= 4 is 29.1 Å². The first kappa shape index (κ1) is 15.6. The fourth-order valence-corrected chi connectivity index (χ4v) is 2.82. The van der Waals surface area contributed by atoms with Gasteiger partial charge in [-0.15, -0.1) is 0 Å². The molecule has 0 saturated carbocycles. The van der Waals surface area contributed by atoms with E-state index in [0.717, 1.165) is 32.5 Å². The molecular weight excluding hydrogens is 295 g/mol. The summed E-state index contributed by atoms with van der Waals surface area (Å²) in [5.74, 6) is -0.0718. The van der Waals surface area contributed by atoms with Crippen molar-refractivity contribution in [2.45, 2.75) is 32.2 Å². The van der Waals surface area contributed by atoms with Crippen LogP contribution in [0.25, 0.3) is 0 Å². The van der Waals surface area contributed by atoms with Gasteiger partial charge in [0, 0.05) is 24.7 Å². The first-order valence-corrected chi connectivity index (χ1v) is 7.84. The number of carbonyl (C=O) groups is 1. The number of rotatable bonds is 4. The Bertz CT molecular complexity index is 471. The van der Waals surface area contributed by atoms with Crippen LogP contribution in [0, 0.1) is 0 Å². The molecule has 1 heterocycles. The summed E-state index contributed by atoms with van der Waals surface area (Å²) in [6.45, 7) is 5.45. The lowest BCUT2D eigenvalue weighted by Crippen LogP contribution is -2.44. The fraction of sp³-hybridized carbons (Fsp3) is 0.533. The molecule has 1 fully saturated rings. The molecule has 1 amide bonds. The van der Waals surface area contributed by atoms with Gasteiger partial charge in [-0.3, -0.25) is 4.79 Å². The molecule has 0 aliphatic carbocycles. The zero-order valence-corrected chi connectivity index (χ0v) is 13.2. The van der Waals surface area contributed by atoms with Gasteiger partial charge in [-0.25, -0.2) is 0 Å². The first-order valence-electron chi connectivity index (χ1n) is 7.08. The Kier molecular flexibility index (Phi) is 5.70. The second-order valence-electron chi connectivity index (χ2n) is 5.22. The molecule has 0 radical (unpaired) electrons. The third-order valence-electron chi connectivity index (χ3n) is 3.64. The van der Waals surface area contributed by atoms with Gasteiger partial charge in [0.15, 0.2) is 0 Å². The molecule has 1 aromatic carbocycles. The molecule has 2 rings (SSSR count). The highest BCUT2D eigenvalue weighted by molar-refractivity contribution is 6.42. The number of benzene rings is 1. The standard InChI is InChI=1S/C15H20Cl2N2O/c1-2-7-19-8-5-12(6-9-19)18-15(20)11-3-4-13(16)14(17)10-11/h3-4,10,12H,2,5-9H2,1H3,(H,18,20). The largest absolute Gasteiger partial charge is 0.349 e. The number of hydrogen-bond donors (Lipinski definition) is 1. The maximum atomic E-state index is 12.2. The Morgan fingerprint density at radius 2 is 2.00 bits per heavy atom. The van der Waals surface area contributed by atoms with Crippen molar-refractivity contribution in [1.82, 2.24) is 10.2 Å². The molecule has 1 aliphatic rings. The van der Waals surface area contributed by atoms with Crippen molar-refractivity contribution in [3.8, 4) is 0 Å². The van der Waals surface area contributed by atoms with Crippen LogP contribution >= 0.6 is 23.2 Å². The van der Waals surface area contributed by atoms with Crippen molar-refractivity contribution in [2.75, 3.05) is 19.6 Å². The monoisotopic (exact) mass is 314 g/mol. The molecule has 1 N–H and O–H groups in total. The number of amides is 1. The Hall–Kier alpha value is -0.770. The first-order chi connectivity index (χ1) is 9.60. The minimum Gasteiger partial charge on any atom is -0.349 e. The van der Waals surface area contributed by atoms with Crippen LogP contribution in [0.5, 0.6) is 0 Å². The maximum Gasteiger partial charge on any atom is 0.251 e. The minimum absolute atomic E-state index is 0.0718. The minimum atomic E-state index is -0.0718. The van der Waals surface area contributed by atoms with Crippen LogP contribution < -0.4 is 5.32 Å². The normalized spacial score (nSPS) is 17.1. The number of likely N-dealkylation sites (tertiary alicyclic amines) is 1. The van der Waals surface area contributed by atoms with Gasteiger partial charge < -0.3 is 10.2 Å². The molecule has 0 bridgehead atoms. The van der Waals surface area contributed by atoms with Gasteiger partial charge in [-0.05, 0) is 44.0 Å². The van der Waals surface area contributed by atoms with E-state index < -0.39 is 0 Å². The SMILES string of the molecule is CCCN1CCC(NC(=O)c2ccc(Cl)c(Cl)c2)CC1. The van der Waals surface area contributed by atoms with Crippen LogP contribution in [-0.2, 0) is 0 Å². The van der Waals surface area contributed by atoms with E-state index in [1.165, 1.54) is 6.42 Å². The predicted octanol–water partition coefficient (Wildman–Crippen LogP) is 3.60. The van der Waals surface area contributed by atoms with E-state index in [2.05, 4.69) is 17.1 Å². The van der Waals surface area contributed by atoms with Crippen molar-refractivity contribution < 1.29 is 4.79 Å². The number of carbonyl (C=O) groups excluding carboxylic acids is 1. The topological polar surface area (TPSA) is 32.3 Å². The molecule has 20 heavy (non-hydrogen) atoms. The molecule has 0 atom stereocenters. The number of halogens is 2. The summed E-state index contributed by atoms with van der Waals surface area (Å²) in [6, 6.07) is 5.23. The second kappa shape index (κ2) is 7.30. The van der Waals surface area contributed by atoms with Gasteiger partial charge in [0.05, 0.1) is 10.0 Å². The number of piperidine rings is 1. The number of nitrogens with one attached hydrogen (secondary N) is 1. The third-order valence-corrected chi connectivity index (χ3v) is 4.38. The summed E-state index contributed by atoms with van der Waals surface area (Å²) in [7, 11) is 0. The molecular formula is C15H20Cl2N2O. The molecule has 1 aliphatic heterocycles. The van der Waals surface area contributed by atoms with E-state index in [-0.39, 0.29) is 11.9 Å². The van der Waals surface area contributed by atoms with E-state index in [4.69, 9.17) is 23.2 Å². The quantitative estimate of drug-likeness (QED) is 0.921. The molecule has 1 aromatic rings. The van der Waals surface area contributed by atoms with Crippen LogP contribution in [0.3, 0.4) is 0 Å². The van der Waals surface area contributed by atoms with E-state index in [9.17, 15) is 4.79 Å². The van der Waals surface area contributed by atoms with Crippen molar-refractivity contribution in [1.29, 1.82) is 0 Å². The van der Waals surface area contributed by atoms with Gasteiger partial charge in [0.25, 0.3) is 5.91 Å². The van der Waals surface area contributed by atoms with Gasteiger partial charge >= 0.3 is 0 Å². The average Bonchev–Trinajstić information content (AvgIpc) is 2.44. The maximum absolute atomic E-state index is 12.2. The number of nitrogens with zero attached hydrogens (tertiary/aromatic N) is 1. The zero-order chi connectivity index (χ0) is 14.5. The Morgan fingerprint density at radius 3 is 2.60 bits per heavy atom. The molecule has 110 valence electrons. The number of hydrogen-bond acceptors (Lipinski definition) is 2. The highest BCUT2D eigenvalue weighted by atomic mass is 35.5. The lowest BCUT2D eigenvalue weighted by molar-refractivity contribution is 0.0911. The third kappa shape index (κ3) is 4.11. The predicted molar refractivity (Wildman–Crippen MR) is 83.7 cm³/mol. The summed E-state index contributed by atoms with van der Waals surface area (Å²) in [6.07, 6.45) is 3.19. The van der Waals surface area contributed by atoms with E-state index in [1.54, 1.807) is 18.2 Å². The van der Waals surface area contributed by atoms with Gasteiger partial charge in [0.1, 0.15) is 0 Å². The van der Waals surface area contributed by atoms with Crippen LogP contribution in [0.1, 0.15) is 36.5 Å². The van der Waals surface area contributed by atoms with Gasteiger partial charge in [-0.2, -0.15) is 0 Å². The van der Waals surface area contributed by atoms with Crippen molar-refractivity contribution in [3.05, 3.63) is 33.8 Å². The van der Waals surface area contributed by atoms with Crippen molar-refractivity contribution in [3.63, 3.8) is 0 Å². The van der Waals surface area contributed by atoms with E-state index in [0.29, 0.717) is 15.6 Å². The Morgan fingerprint density at radius 1 is 1.30 bits per heavy atom. The molecule has 5 heteroatoms. The van der Waals surface area contributed by atoms with Crippen LogP contribution in [-0.4, -0.2) is 36.5 Å². The highest BCUT2D eigenvalue weighted by Gasteiger charge is 2.20. The smallest absolute Gasteiger partial charge is 0.251 e. The molecule has 0 unspecified atom stereocenters. The molecule has 3 nitrogen and oxygen atoms in total. The fourth-order valence-electron chi connectivity index (χ4n) is 2.52. The lowest BCUT2D eigenvalue weighted by atomic mass is 10.0. The van der Waals surface area contributed by atoms with Crippen molar-refractivity contribution in [2.24, 2.45) is 0 Å². The van der Waals surface area contributed by atoms with Gasteiger partial charge in [0.2, 0.25) is 0 Å². The Labute approximate surface area is 130 Å². The summed E-state index contributed by atoms with van der Waals surface area (Å²) < 4.78 is 0. The summed E-state index contributed by atoms with van der Waals surface area (Å²) in [5, 5.41) is 3.96. The van der Waals surface area contributed by atoms with Crippen LogP contribution in [0.4, 0.5) is 0 Å². The molecule has 0 spiro atoms. The zero-order valence-electron chi connectivity index (χ0n) is 11.7. The van der Waals surface area contributed by atoms with E-state index in [1.807, 2.05) is 0 Å². The lowest BCUT2D eigenvalue weighted by Gasteiger charge is -2.32. The summed E-state index contributed by atoms with van der Waals surface area (Å²) in [5.41, 5.74) is 0.565. The van der Waals surface area contributed by atoms with Gasteiger partial charge in [-0.1, -0.05) is 30.1 Å². The summed E-state index contributed by atoms with van der Waals surface area (Å²) >= 11 is 11.8. The second-order valence-corrected chi connectivity index (χ2v) is 6.03. The average molecular weight is 315 g/mol.